The molecule has 328 valence electrons. The molecule has 55 heavy (non-hydrogen) atoms. The van der Waals surface area contributed by atoms with Crippen LogP contribution < -0.4 is 0 Å². The smallest absolute Gasteiger partial charge is 0.180 e. The molecular weight excluding hydrogens is 689 g/mol. The molecule has 0 heterocycles. The Morgan fingerprint density at radius 1 is 0.309 bits per heavy atom. The van der Waals surface area contributed by atoms with Crippen LogP contribution in [0.25, 0.3) is 0 Å². The first-order valence-corrected chi connectivity index (χ1v) is 23.8. The SMILES string of the molecule is CCCCCCOC(CCCCC=CC(OCCCC)OC(C=CCCCCC(OCCCCCC)OCCCCCC)OCCCC)OCCCCCC. The van der Waals surface area contributed by atoms with Crippen LogP contribution in [-0.4, -0.2) is 64.8 Å². The molecule has 2 atom stereocenters. The summed E-state index contributed by atoms with van der Waals surface area (Å²) in [6.07, 6.45) is 39.4. The van der Waals surface area contributed by atoms with Gasteiger partial charge in [0.25, 0.3) is 0 Å². The molecule has 0 aliphatic heterocycles. The van der Waals surface area contributed by atoms with Gasteiger partial charge in [0.1, 0.15) is 0 Å². The lowest BCUT2D eigenvalue weighted by Crippen LogP contribution is -2.25. The van der Waals surface area contributed by atoms with Crippen LogP contribution in [-0.2, 0) is 33.2 Å². The largest absolute Gasteiger partial charge is 0.353 e. The summed E-state index contributed by atoms with van der Waals surface area (Å²) in [5.74, 6) is 0. The van der Waals surface area contributed by atoms with Crippen molar-refractivity contribution in [2.45, 2.75) is 246 Å². The van der Waals surface area contributed by atoms with E-state index in [1.807, 2.05) is 0 Å². The van der Waals surface area contributed by atoms with Gasteiger partial charge in [0.15, 0.2) is 25.2 Å². The van der Waals surface area contributed by atoms with Gasteiger partial charge in [0.2, 0.25) is 0 Å². The highest BCUT2D eigenvalue weighted by atomic mass is 16.8. The molecule has 0 rings (SSSR count). The van der Waals surface area contributed by atoms with E-state index in [0.29, 0.717) is 13.2 Å². The lowest BCUT2D eigenvalue weighted by Gasteiger charge is -2.21. The highest BCUT2D eigenvalue weighted by molar-refractivity contribution is 4.90. The summed E-state index contributed by atoms with van der Waals surface area (Å²) < 4.78 is 43.5. The minimum atomic E-state index is -0.432. The Hall–Kier alpha value is -0.800. The minimum Gasteiger partial charge on any atom is -0.353 e. The monoisotopic (exact) mass is 783 g/mol. The molecule has 0 bridgehead atoms. The Morgan fingerprint density at radius 2 is 0.618 bits per heavy atom. The highest BCUT2D eigenvalue weighted by Crippen LogP contribution is 2.16. The third-order valence-electron chi connectivity index (χ3n) is 9.74. The number of hydrogen-bond donors (Lipinski definition) is 0. The summed E-state index contributed by atoms with van der Waals surface area (Å²) in [5, 5.41) is 0. The second-order valence-electron chi connectivity index (χ2n) is 15.3. The van der Waals surface area contributed by atoms with Crippen LogP contribution in [0.2, 0.25) is 0 Å². The molecule has 0 aliphatic rings. The third kappa shape index (κ3) is 39.8. The van der Waals surface area contributed by atoms with Gasteiger partial charge >= 0.3 is 0 Å². The maximum absolute atomic E-state index is 6.42. The number of ether oxygens (including phenoxy) is 7. The summed E-state index contributed by atoms with van der Waals surface area (Å²) >= 11 is 0. The molecule has 0 aromatic rings. The Balaban J connectivity index is 5.00. The molecule has 0 radical (unpaired) electrons. The van der Waals surface area contributed by atoms with Crippen LogP contribution in [0.4, 0.5) is 0 Å². The molecule has 0 N–H and O–H groups in total. The van der Waals surface area contributed by atoms with E-state index in [2.05, 4.69) is 65.8 Å². The first-order valence-electron chi connectivity index (χ1n) is 23.8. The fourth-order valence-electron chi connectivity index (χ4n) is 6.07. The predicted octanol–water partition coefficient (Wildman–Crippen LogP) is 14.6. The zero-order valence-corrected chi connectivity index (χ0v) is 37.5. The third-order valence-corrected chi connectivity index (χ3v) is 9.74. The number of unbranched alkanes of at least 4 members (excludes halogenated alkanes) is 18. The number of hydrogen-bond acceptors (Lipinski definition) is 7. The fraction of sp³-hybridized carbons (Fsp3) is 0.917. The Kier molecular flexibility index (Phi) is 45.2. The van der Waals surface area contributed by atoms with Gasteiger partial charge in [-0.2, -0.15) is 0 Å². The Morgan fingerprint density at radius 3 is 0.927 bits per heavy atom. The Labute approximate surface area is 342 Å². The van der Waals surface area contributed by atoms with Gasteiger partial charge in [-0.1, -0.05) is 144 Å². The van der Waals surface area contributed by atoms with Crippen molar-refractivity contribution in [3.63, 3.8) is 0 Å². The number of rotatable bonds is 46. The van der Waals surface area contributed by atoms with E-state index in [1.54, 1.807) is 0 Å². The average molecular weight is 783 g/mol. The average Bonchev–Trinajstić information content (AvgIpc) is 3.19. The van der Waals surface area contributed by atoms with Crippen molar-refractivity contribution in [3.05, 3.63) is 24.3 Å². The van der Waals surface area contributed by atoms with Crippen molar-refractivity contribution in [2.75, 3.05) is 39.6 Å². The van der Waals surface area contributed by atoms with Crippen LogP contribution >= 0.6 is 0 Å². The van der Waals surface area contributed by atoms with E-state index in [1.165, 1.54) is 77.0 Å². The van der Waals surface area contributed by atoms with Crippen LogP contribution in [0.3, 0.4) is 0 Å². The topological polar surface area (TPSA) is 64.6 Å². The second-order valence-corrected chi connectivity index (χ2v) is 15.3. The molecule has 0 aliphatic carbocycles. The zero-order valence-electron chi connectivity index (χ0n) is 37.5. The van der Waals surface area contributed by atoms with E-state index in [-0.39, 0.29) is 12.6 Å². The highest BCUT2D eigenvalue weighted by Gasteiger charge is 2.14. The molecule has 7 nitrogen and oxygen atoms in total. The van der Waals surface area contributed by atoms with Crippen molar-refractivity contribution < 1.29 is 33.2 Å². The minimum absolute atomic E-state index is 0.0859. The zero-order chi connectivity index (χ0) is 40.1. The summed E-state index contributed by atoms with van der Waals surface area (Å²) in [4.78, 5) is 0. The lowest BCUT2D eigenvalue weighted by atomic mass is 10.1. The first-order chi connectivity index (χ1) is 27.1. The van der Waals surface area contributed by atoms with Gasteiger partial charge in [-0.3, -0.25) is 0 Å². The van der Waals surface area contributed by atoms with E-state index in [9.17, 15) is 0 Å². The van der Waals surface area contributed by atoms with E-state index in [0.717, 1.165) is 129 Å². The summed E-state index contributed by atoms with van der Waals surface area (Å²) in [7, 11) is 0. The van der Waals surface area contributed by atoms with Gasteiger partial charge in [0.05, 0.1) is 13.2 Å². The predicted molar refractivity (Wildman–Crippen MR) is 234 cm³/mol. The first kappa shape index (κ1) is 54.2. The normalized spacial score (nSPS) is 13.4. The van der Waals surface area contributed by atoms with Gasteiger partial charge in [-0.15, -0.1) is 0 Å². The molecule has 0 amide bonds. The molecular formula is C48H94O7. The quantitative estimate of drug-likeness (QED) is 0.0346. The molecule has 0 fully saturated rings. The number of allylic oxidation sites excluding steroid dienone is 2. The van der Waals surface area contributed by atoms with E-state index < -0.39 is 12.6 Å². The maximum Gasteiger partial charge on any atom is 0.180 e. The van der Waals surface area contributed by atoms with Crippen LogP contribution in [0, 0.1) is 0 Å². The summed E-state index contributed by atoms with van der Waals surface area (Å²) in [5.41, 5.74) is 0. The molecule has 0 aromatic carbocycles. The Bertz CT molecular complexity index is 685. The molecule has 0 spiro atoms. The summed E-state index contributed by atoms with van der Waals surface area (Å²) in [6, 6.07) is 0. The van der Waals surface area contributed by atoms with Crippen molar-refractivity contribution in [3.8, 4) is 0 Å². The molecule has 0 saturated carbocycles. The lowest BCUT2D eigenvalue weighted by molar-refractivity contribution is -0.208. The van der Waals surface area contributed by atoms with Gasteiger partial charge < -0.3 is 33.2 Å². The summed E-state index contributed by atoms with van der Waals surface area (Å²) in [6.45, 7) is 17.9. The second kappa shape index (κ2) is 45.9. The van der Waals surface area contributed by atoms with E-state index >= 15 is 0 Å². The standard InChI is InChI=1S/C48H94O7/c1-7-13-19-31-41-49-45(50-42-32-20-14-8-2)35-27-23-25-29-37-47(53-39-17-11-5)55-48(54-40-18-12-6)38-30-26-24-28-36-46(51-43-33-21-15-9-3)52-44-34-22-16-10-4/h29-30,37-38,45-48H,7-28,31-36,39-44H2,1-6H3. The fourth-order valence-corrected chi connectivity index (χ4v) is 6.07. The van der Waals surface area contributed by atoms with Crippen molar-refractivity contribution in [1.82, 2.24) is 0 Å². The van der Waals surface area contributed by atoms with Crippen molar-refractivity contribution in [2.24, 2.45) is 0 Å². The molecule has 2 unspecified atom stereocenters. The van der Waals surface area contributed by atoms with Gasteiger partial charge in [-0.25, -0.2) is 0 Å². The molecule has 7 heteroatoms. The van der Waals surface area contributed by atoms with E-state index in [4.69, 9.17) is 33.2 Å². The van der Waals surface area contributed by atoms with Gasteiger partial charge in [-0.05, 0) is 102 Å². The maximum atomic E-state index is 6.42. The van der Waals surface area contributed by atoms with Crippen LogP contribution in [0.15, 0.2) is 24.3 Å². The van der Waals surface area contributed by atoms with Gasteiger partial charge in [0, 0.05) is 26.4 Å². The van der Waals surface area contributed by atoms with Crippen molar-refractivity contribution in [1.29, 1.82) is 0 Å². The van der Waals surface area contributed by atoms with Crippen molar-refractivity contribution >= 4 is 0 Å². The van der Waals surface area contributed by atoms with Crippen LogP contribution in [0.1, 0.15) is 221 Å². The molecule has 0 aromatic heterocycles. The van der Waals surface area contributed by atoms with Crippen LogP contribution in [0.5, 0.6) is 0 Å². The molecule has 0 saturated heterocycles.